The number of nitrogens with one attached hydrogen (secondary N) is 2. The van der Waals surface area contributed by atoms with E-state index in [4.69, 9.17) is 32.7 Å². The van der Waals surface area contributed by atoms with E-state index in [0.29, 0.717) is 22.0 Å². The minimum Gasteiger partial charge on any atom is -0.493 e. The normalized spacial score (nSPS) is 10.8. The Morgan fingerprint density at radius 1 is 1.03 bits per heavy atom. The van der Waals surface area contributed by atoms with E-state index in [-0.39, 0.29) is 34.6 Å². The lowest BCUT2D eigenvalue weighted by Crippen LogP contribution is -2.20. The predicted molar refractivity (Wildman–Crippen MR) is 137 cm³/mol. The summed E-state index contributed by atoms with van der Waals surface area (Å²) in [6.07, 6.45) is 1.36. The number of benzene rings is 3. The van der Waals surface area contributed by atoms with Crippen LogP contribution in [-0.2, 0) is 9.59 Å². The van der Waals surface area contributed by atoms with Gasteiger partial charge in [-0.15, -0.1) is 0 Å². The van der Waals surface area contributed by atoms with Gasteiger partial charge in [-0.1, -0.05) is 47.5 Å². The van der Waals surface area contributed by atoms with Crippen molar-refractivity contribution in [3.05, 3.63) is 87.4 Å². The Labute approximate surface area is 212 Å². The van der Waals surface area contributed by atoms with Gasteiger partial charge >= 0.3 is 0 Å². The molecule has 35 heavy (non-hydrogen) atoms. The molecule has 0 aromatic heterocycles. The molecule has 178 valence electrons. The fourth-order valence-corrected chi connectivity index (χ4v) is 3.54. The maximum absolute atomic E-state index is 12.6. The molecule has 2 N–H and O–H groups in total. The maximum Gasteiger partial charge on any atom is 0.266 e. The minimum absolute atomic E-state index is 0.141. The van der Waals surface area contributed by atoms with Crippen molar-refractivity contribution in [2.24, 2.45) is 0 Å². The molecule has 0 spiro atoms. The van der Waals surface area contributed by atoms with E-state index in [1.54, 1.807) is 36.4 Å². The fraction of sp³-hybridized carbons (Fsp3) is 0.115. The lowest BCUT2D eigenvalue weighted by atomic mass is 10.1. The van der Waals surface area contributed by atoms with E-state index in [2.05, 4.69) is 10.6 Å². The molecule has 0 heterocycles. The fourth-order valence-electron chi connectivity index (χ4n) is 3.09. The summed E-state index contributed by atoms with van der Waals surface area (Å²) >= 11 is 12.4. The van der Waals surface area contributed by atoms with Crippen molar-refractivity contribution in [1.29, 1.82) is 5.26 Å². The van der Waals surface area contributed by atoms with Gasteiger partial charge in [0.15, 0.2) is 18.1 Å². The van der Waals surface area contributed by atoms with E-state index in [1.165, 1.54) is 19.3 Å². The zero-order valence-electron chi connectivity index (χ0n) is 18.9. The largest absolute Gasteiger partial charge is 0.493 e. The van der Waals surface area contributed by atoms with Crippen LogP contribution >= 0.6 is 23.2 Å². The number of methoxy groups -OCH3 is 1. The monoisotopic (exact) mass is 509 g/mol. The topological polar surface area (TPSA) is 100 Å². The first-order chi connectivity index (χ1) is 16.8. The Hall–Kier alpha value is -3.99. The highest BCUT2D eigenvalue weighted by Gasteiger charge is 2.16. The summed E-state index contributed by atoms with van der Waals surface area (Å²) in [4.78, 5) is 24.9. The van der Waals surface area contributed by atoms with Crippen LogP contribution in [0.1, 0.15) is 11.1 Å². The predicted octanol–water partition coefficient (Wildman–Crippen LogP) is 5.87. The summed E-state index contributed by atoms with van der Waals surface area (Å²) in [5.74, 6) is -0.620. The van der Waals surface area contributed by atoms with E-state index < -0.39 is 5.91 Å². The average Bonchev–Trinajstić information content (AvgIpc) is 2.82. The third kappa shape index (κ3) is 7.00. The molecule has 0 fully saturated rings. The first-order valence-corrected chi connectivity index (χ1v) is 11.1. The standard InChI is InChI=1S/C26H21Cl2N3O4/c1-16-6-5-7-19(10-16)30-24(32)15-35-25-21(28)12-17(13-23(25)34-2)11-18(14-29)26(33)31-22-9-4-3-8-20(22)27/h3-13H,15H2,1-2H3,(H,30,32)(H,31,33)/b18-11+. The van der Waals surface area contributed by atoms with Gasteiger partial charge in [0.1, 0.15) is 11.6 Å². The lowest BCUT2D eigenvalue weighted by molar-refractivity contribution is -0.118. The first kappa shape index (κ1) is 25.6. The molecule has 0 saturated carbocycles. The highest BCUT2D eigenvalue weighted by Crippen LogP contribution is 2.37. The van der Waals surface area contributed by atoms with Gasteiger partial charge in [-0.3, -0.25) is 9.59 Å². The number of hydrogen-bond donors (Lipinski definition) is 2. The SMILES string of the molecule is COc1cc(/C=C(\C#N)C(=O)Nc2ccccc2Cl)cc(Cl)c1OCC(=O)Nc1cccc(C)c1. The molecule has 0 saturated heterocycles. The molecule has 0 aliphatic carbocycles. The molecule has 9 heteroatoms. The smallest absolute Gasteiger partial charge is 0.266 e. The number of rotatable bonds is 8. The number of carbonyl (C=O) groups excluding carboxylic acids is 2. The first-order valence-electron chi connectivity index (χ1n) is 10.3. The maximum atomic E-state index is 12.6. The van der Waals surface area contributed by atoms with E-state index in [9.17, 15) is 14.9 Å². The molecular formula is C26H21Cl2N3O4. The van der Waals surface area contributed by atoms with Crippen molar-refractivity contribution in [2.45, 2.75) is 6.92 Å². The number of carbonyl (C=O) groups is 2. The number of para-hydroxylation sites is 1. The molecule has 0 aliphatic rings. The van der Waals surface area contributed by atoms with Crippen LogP contribution in [0.5, 0.6) is 11.5 Å². The summed E-state index contributed by atoms with van der Waals surface area (Å²) in [6.45, 7) is 1.62. The zero-order valence-corrected chi connectivity index (χ0v) is 20.4. The minimum atomic E-state index is -0.635. The van der Waals surface area contributed by atoms with Crippen molar-refractivity contribution in [1.82, 2.24) is 0 Å². The van der Waals surface area contributed by atoms with Crippen LogP contribution in [0.25, 0.3) is 6.08 Å². The van der Waals surface area contributed by atoms with Gasteiger partial charge in [0.2, 0.25) is 0 Å². The Morgan fingerprint density at radius 2 is 1.80 bits per heavy atom. The van der Waals surface area contributed by atoms with Crippen LogP contribution in [0.3, 0.4) is 0 Å². The van der Waals surface area contributed by atoms with Gasteiger partial charge in [-0.2, -0.15) is 5.26 Å². The second kappa shape index (κ2) is 11.9. The average molecular weight is 510 g/mol. The molecule has 0 unspecified atom stereocenters. The third-order valence-corrected chi connectivity index (χ3v) is 5.31. The van der Waals surface area contributed by atoms with E-state index in [0.717, 1.165) is 5.56 Å². The van der Waals surface area contributed by atoms with Crippen LogP contribution < -0.4 is 20.1 Å². The highest BCUT2D eigenvalue weighted by atomic mass is 35.5. The number of nitrogens with zero attached hydrogens (tertiary/aromatic N) is 1. The van der Waals surface area contributed by atoms with Crippen molar-refractivity contribution in [3.63, 3.8) is 0 Å². The molecule has 2 amide bonds. The van der Waals surface area contributed by atoms with Crippen molar-refractivity contribution in [2.75, 3.05) is 24.4 Å². The second-order valence-corrected chi connectivity index (χ2v) is 8.16. The third-order valence-electron chi connectivity index (χ3n) is 4.70. The molecular weight excluding hydrogens is 489 g/mol. The number of hydrogen-bond acceptors (Lipinski definition) is 5. The van der Waals surface area contributed by atoms with Crippen LogP contribution in [0.15, 0.2) is 66.2 Å². The number of anilines is 2. The number of nitriles is 1. The van der Waals surface area contributed by atoms with Gasteiger partial charge in [0.25, 0.3) is 11.8 Å². The molecule has 0 atom stereocenters. The molecule has 0 radical (unpaired) electrons. The Morgan fingerprint density at radius 3 is 2.49 bits per heavy atom. The molecule has 0 bridgehead atoms. The Bertz CT molecular complexity index is 1330. The highest BCUT2D eigenvalue weighted by molar-refractivity contribution is 6.34. The number of halogens is 2. The zero-order chi connectivity index (χ0) is 25.4. The number of ether oxygens (including phenoxy) is 2. The molecule has 3 rings (SSSR count). The summed E-state index contributed by atoms with van der Waals surface area (Å²) in [7, 11) is 1.41. The molecule has 3 aromatic rings. The van der Waals surface area contributed by atoms with Gasteiger partial charge in [0, 0.05) is 5.69 Å². The molecule has 7 nitrogen and oxygen atoms in total. The summed E-state index contributed by atoms with van der Waals surface area (Å²) in [5, 5.41) is 15.3. The Kier molecular flexibility index (Phi) is 8.74. The Balaban J connectivity index is 1.75. The van der Waals surface area contributed by atoms with Crippen LogP contribution in [0.2, 0.25) is 10.0 Å². The van der Waals surface area contributed by atoms with Crippen LogP contribution in [-0.4, -0.2) is 25.5 Å². The second-order valence-electron chi connectivity index (χ2n) is 7.34. The molecule has 3 aromatic carbocycles. The lowest BCUT2D eigenvalue weighted by Gasteiger charge is -2.14. The number of amides is 2. The van der Waals surface area contributed by atoms with Crippen molar-refractivity contribution in [3.8, 4) is 17.6 Å². The summed E-state index contributed by atoms with van der Waals surface area (Å²) in [6, 6.07) is 18.9. The summed E-state index contributed by atoms with van der Waals surface area (Å²) < 4.78 is 10.9. The van der Waals surface area contributed by atoms with E-state index in [1.807, 2.05) is 31.2 Å². The quantitative estimate of drug-likeness (QED) is 0.292. The van der Waals surface area contributed by atoms with Crippen molar-refractivity contribution >= 4 is 52.5 Å². The van der Waals surface area contributed by atoms with E-state index >= 15 is 0 Å². The van der Waals surface area contributed by atoms with Gasteiger partial charge in [0.05, 0.1) is 22.8 Å². The van der Waals surface area contributed by atoms with Crippen LogP contribution in [0, 0.1) is 18.3 Å². The van der Waals surface area contributed by atoms with Gasteiger partial charge in [-0.05, 0) is 60.5 Å². The van der Waals surface area contributed by atoms with Gasteiger partial charge < -0.3 is 20.1 Å². The summed E-state index contributed by atoms with van der Waals surface area (Å²) in [5.41, 5.74) is 2.29. The van der Waals surface area contributed by atoms with Crippen LogP contribution in [0.4, 0.5) is 11.4 Å². The van der Waals surface area contributed by atoms with Gasteiger partial charge in [-0.25, -0.2) is 0 Å². The molecule has 0 aliphatic heterocycles. The number of aryl methyl sites for hydroxylation is 1. The van der Waals surface area contributed by atoms with Crippen molar-refractivity contribution < 1.29 is 19.1 Å².